The van der Waals surface area contributed by atoms with Crippen LogP contribution in [0.25, 0.3) is 0 Å². The molecule has 19 heavy (non-hydrogen) atoms. The summed E-state index contributed by atoms with van der Waals surface area (Å²) in [7, 11) is 0. The van der Waals surface area contributed by atoms with Crippen molar-refractivity contribution in [3.8, 4) is 11.5 Å². The van der Waals surface area contributed by atoms with Gasteiger partial charge in [0.15, 0.2) is 23.1 Å². The maximum atomic E-state index is 13.7. The third-order valence-corrected chi connectivity index (χ3v) is 2.55. The summed E-state index contributed by atoms with van der Waals surface area (Å²) < 4.78 is 45.0. The van der Waals surface area contributed by atoms with E-state index in [2.05, 4.69) is 0 Å². The molecule has 2 rings (SSSR count). The molecule has 0 fully saturated rings. The number of rotatable bonds is 3. The van der Waals surface area contributed by atoms with Gasteiger partial charge in [-0.05, 0) is 25.1 Å². The molecule has 0 radical (unpaired) electrons. The number of aliphatic hydroxyl groups excluding tert-OH is 1. The summed E-state index contributed by atoms with van der Waals surface area (Å²) in [6.45, 7) is 1.43. The van der Waals surface area contributed by atoms with Gasteiger partial charge < -0.3 is 9.84 Å². The van der Waals surface area contributed by atoms with Crippen LogP contribution in [0.15, 0.2) is 36.4 Å². The quantitative estimate of drug-likeness (QED) is 0.913. The van der Waals surface area contributed by atoms with Gasteiger partial charge in [0.05, 0.1) is 6.10 Å². The minimum absolute atomic E-state index is 0.184. The monoisotopic (exact) mass is 268 g/mol. The molecule has 2 aromatic carbocycles. The zero-order valence-electron chi connectivity index (χ0n) is 10.0. The van der Waals surface area contributed by atoms with E-state index in [4.69, 9.17) is 4.74 Å². The molecule has 0 amide bonds. The number of halogens is 3. The Labute approximate surface area is 108 Å². The molecule has 0 aromatic heterocycles. The van der Waals surface area contributed by atoms with Gasteiger partial charge in [0.2, 0.25) is 0 Å². The van der Waals surface area contributed by atoms with E-state index in [0.29, 0.717) is 6.07 Å². The van der Waals surface area contributed by atoms with Gasteiger partial charge in [-0.2, -0.15) is 0 Å². The molecular formula is C14H11F3O2. The van der Waals surface area contributed by atoms with Gasteiger partial charge in [0.1, 0.15) is 5.82 Å². The van der Waals surface area contributed by atoms with Crippen molar-refractivity contribution in [2.24, 2.45) is 0 Å². The molecular weight excluding hydrogens is 257 g/mol. The topological polar surface area (TPSA) is 29.5 Å². The molecule has 0 aliphatic rings. The second-order valence-corrected chi connectivity index (χ2v) is 4.01. The smallest absolute Gasteiger partial charge is 0.168 e. The lowest BCUT2D eigenvalue weighted by Gasteiger charge is -2.14. The summed E-state index contributed by atoms with van der Waals surface area (Å²) >= 11 is 0. The summed E-state index contributed by atoms with van der Waals surface area (Å²) in [4.78, 5) is 0. The van der Waals surface area contributed by atoms with Gasteiger partial charge in [-0.15, -0.1) is 0 Å². The van der Waals surface area contributed by atoms with Gasteiger partial charge in [0.25, 0.3) is 0 Å². The average molecular weight is 268 g/mol. The van der Waals surface area contributed by atoms with E-state index in [-0.39, 0.29) is 17.1 Å². The molecule has 2 nitrogen and oxygen atoms in total. The highest BCUT2D eigenvalue weighted by atomic mass is 19.1. The van der Waals surface area contributed by atoms with Crippen molar-refractivity contribution in [2.75, 3.05) is 0 Å². The van der Waals surface area contributed by atoms with Crippen LogP contribution in [0.2, 0.25) is 0 Å². The van der Waals surface area contributed by atoms with Crippen LogP contribution in [0.4, 0.5) is 13.2 Å². The lowest BCUT2D eigenvalue weighted by Crippen LogP contribution is -2.00. The molecule has 0 spiro atoms. The first-order valence-corrected chi connectivity index (χ1v) is 5.58. The van der Waals surface area contributed by atoms with Gasteiger partial charge in [-0.1, -0.05) is 12.1 Å². The summed E-state index contributed by atoms with van der Waals surface area (Å²) in [6.07, 6.45) is -0.978. The van der Waals surface area contributed by atoms with Crippen molar-refractivity contribution in [2.45, 2.75) is 13.0 Å². The van der Waals surface area contributed by atoms with Gasteiger partial charge in [-0.25, -0.2) is 13.2 Å². The van der Waals surface area contributed by atoms with Crippen LogP contribution in [0.5, 0.6) is 11.5 Å². The Hall–Kier alpha value is -2.01. The SMILES string of the molecule is C[C@@H](O)c1cccc(F)c1Oc1ccc(F)cc1F. The Morgan fingerprint density at radius 2 is 1.79 bits per heavy atom. The standard InChI is InChI=1S/C14H11F3O2/c1-8(18)10-3-2-4-11(16)14(10)19-13-6-5-9(15)7-12(13)17/h2-8,18H,1H3/t8-/m1/s1. The van der Waals surface area contributed by atoms with E-state index in [1.807, 2.05) is 0 Å². The van der Waals surface area contributed by atoms with E-state index in [0.717, 1.165) is 18.2 Å². The first kappa shape index (κ1) is 13.4. The molecule has 5 heteroatoms. The zero-order chi connectivity index (χ0) is 14.0. The summed E-state index contributed by atoms with van der Waals surface area (Å²) in [5, 5.41) is 9.52. The fraction of sp³-hybridized carbons (Fsp3) is 0.143. The average Bonchev–Trinajstić information content (AvgIpc) is 2.34. The Bertz CT molecular complexity index is 597. The summed E-state index contributed by atoms with van der Waals surface area (Å²) in [5.41, 5.74) is 0.184. The second-order valence-electron chi connectivity index (χ2n) is 4.01. The van der Waals surface area contributed by atoms with Gasteiger partial charge >= 0.3 is 0 Å². The van der Waals surface area contributed by atoms with Crippen molar-refractivity contribution in [3.05, 3.63) is 59.4 Å². The first-order valence-electron chi connectivity index (χ1n) is 5.58. The van der Waals surface area contributed by atoms with Crippen LogP contribution >= 0.6 is 0 Å². The Kier molecular flexibility index (Phi) is 3.76. The minimum atomic E-state index is -0.978. The third kappa shape index (κ3) is 2.88. The van der Waals surface area contributed by atoms with Crippen molar-refractivity contribution in [1.82, 2.24) is 0 Å². The van der Waals surface area contributed by atoms with Crippen LogP contribution < -0.4 is 4.74 Å². The number of benzene rings is 2. The second kappa shape index (κ2) is 5.32. The Morgan fingerprint density at radius 3 is 2.42 bits per heavy atom. The fourth-order valence-corrected chi connectivity index (χ4v) is 1.63. The van der Waals surface area contributed by atoms with Crippen molar-refractivity contribution >= 4 is 0 Å². The predicted octanol–water partition coefficient (Wildman–Crippen LogP) is 3.95. The molecule has 1 N–H and O–H groups in total. The molecule has 0 saturated heterocycles. The molecule has 2 aromatic rings. The first-order chi connectivity index (χ1) is 8.99. The van der Waals surface area contributed by atoms with E-state index >= 15 is 0 Å². The van der Waals surface area contributed by atoms with Crippen LogP contribution in [-0.4, -0.2) is 5.11 Å². The molecule has 0 unspecified atom stereocenters. The number of hydrogen-bond acceptors (Lipinski definition) is 2. The number of para-hydroxylation sites is 1. The molecule has 1 atom stereocenters. The minimum Gasteiger partial charge on any atom is -0.451 e. The molecule has 0 saturated carbocycles. The molecule has 100 valence electrons. The Morgan fingerprint density at radius 1 is 1.05 bits per heavy atom. The van der Waals surface area contributed by atoms with Crippen molar-refractivity contribution < 1.29 is 23.0 Å². The summed E-state index contributed by atoms with van der Waals surface area (Å²) in [5.74, 6) is -3.02. The maximum absolute atomic E-state index is 13.7. The van der Waals surface area contributed by atoms with Crippen molar-refractivity contribution in [1.29, 1.82) is 0 Å². The number of aliphatic hydroxyl groups is 1. The zero-order valence-corrected chi connectivity index (χ0v) is 10.0. The molecule has 0 bridgehead atoms. The predicted molar refractivity (Wildman–Crippen MR) is 63.5 cm³/mol. The Balaban J connectivity index is 2.43. The number of ether oxygens (including phenoxy) is 1. The van der Waals surface area contributed by atoms with E-state index in [1.54, 1.807) is 0 Å². The van der Waals surface area contributed by atoms with Crippen LogP contribution in [-0.2, 0) is 0 Å². The lowest BCUT2D eigenvalue weighted by molar-refractivity contribution is 0.194. The van der Waals surface area contributed by atoms with E-state index in [1.165, 1.54) is 19.1 Å². The third-order valence-electron chi connectivity index (χ3n) is 2.55. The summed E-state index contributed by atoms with van der Waals surface area (Å²) in [6, 6.07) is 6.70. The maximum Gasteiger partial charge on any atom is 0.168 e. The highest BCUT2D eigenvalue weighted by Crippen LogP contribution is 2.33. The van der Waals surface area contributed by atoms with Crippen molar-refractivity contribution in [3.63, 3.8) is 0 Å². The van der Waals surface area contributed by atoms with Crippen LogP contribution in [0.3, 0.4) is 0 Å². The highest BCUT2D eigenvalue weighted by molar-refractivity contribution is 5.40. The van der Waals surface area contributed by atoms with E-state index in [9.17, 15) is 18.3 Å². The molecule has 0 aliphatic heterocycles. The largest absolute Gasteiger partial charge is 0.451 e. The van der Waals surface area contributed by atoms with Gasteiger partial charge in [0, 0.05) is 11.6 Å². The highest BCUT2D eigenvalue weighted by Gasteiger charge is 2.16. The van der Waals surface area contributed by atoms with E-state index < -0.39 is 23.6 Å². The molecule has 0 heterocycles. The lowest BCUT2D eigenvalue weighted by atomic mass is 10.1. The van der Waals surface area contributed by atoms with Gasteiger partial charge in [-0.3, -0.25) is 0 Å². The number of hydrogen-bond donors (Lipinski definition) is 1. The normalized spacial score (nSPS) is 12.3. The fourth-order valence-electron chi connectivity index (χ4n) is 1.63. The van der Waals surface area contributed by atoms with Crippen LogP contribution in [0.1, 0.15) is 18.6 Å². The van der Waals surface area contributed by atoms with Crippen LogP contribution in [0, 0.1) is 17.5 Å². The molecule has 0 aliphatic carbocycles.